The predicted molar refractivity (Wildman–Crippen MR) is 71.4 cm³/mol. The number of ether oxygens (including phenoxy) is 1. The molecule has 1 amide bonds. The second kappa shape index (κ2) is 5.48. The number of hydrogen-bond acceptors (Lipinski definition) is 7. The minimum absolute atomic E-state index is 0.217. The van der Waals surface area contributed by atoms with Crippen LogP contribution in [0, 0.1) is 6.92 Å². The van der Waals surface area contributed by atoms with Crippen LogP contribution in [0.5, 0.6) is 5.75 Å². The van der Waals surface area contributed by atoms with Crippen LogP contribution in [0.1, 0.15) is 11.3 Å². The van der Waals surface area contributed by atoms with Crippen LogP contribution >= 0.6 is 0 Å². The highest BCUT2D eigenvalue weighted by molar-refractivity contribution is 7.90. The smallest absolute Gasteiger partial charge is 0.407 e. The maximum absolute atomic E-state index is 11.4. The number of primary amides is 1. The minimum Gasteiger partial charge on any atom is -0.407 e. The quantitative estimate of drug-likeness (QED) is 0.779. The number of carbonyl (C=O) groups excluding carboxylic acids is 1. The Balaban J connectivity index is 2.20. The summed E-state index contributed by atoms with van der Waals surface area (Å²) in [4.78, 5) is 18.4. The van der Waals surface area contributed by atoms with E-state index in [-0.39, 0.29) is 10.9 Å². The maximum atomic E-state index is 11.4. The SMILES string of the molecule is Cc1nc(S(C)(=O)=O)ncc1Cn1cc(OC(N)=O)cn1. The third-order valence-corrected chi connectivity index (χ3v) is 3.41. The number of hydrogen-bond donors (Lipinski definition) is 1. The lowest BCUT2D eigenvalue weighted by atomic mass is 10.2. The van der Waals surface area contributed by atoms with Gasteiger partial charge in [0.05, 0.1) is 18.9 Å². The van der Waals surface area contributed by atoms with Gasteiger partial charge in [0.25, 0.3) is 0 Å². The van der Waals surface area contributed by atoms with E-state index < -0.39 is 15.9 Å². The lowest BCUT2D eigenvalue weighted by Crippen LogP contribution is -2.15. The zero-order valence-electron chi connectivity index (χ0n) is 11.3. The molecule has 0 radical (unpaired) electrons. The fraction of sp³-hybridized carbons (Fsp3) is 0.273. The Morgan fingerprint density at radius 2 is 2.14 bits per heavy atom. The van der Waals surface area contributed by atoms with Crippen LogP contribution < -0.4 is 10.5 Å². The van der Waals surface area contributed by atoms with Crippen molar-refractivity contribution in [1.82, 2.24) is 19.7 Å². The zero-order chi connectivity index (χ0) is 15.6. The Morgan fingerprint density at radius 3 is 2.71 bits per heavy atom. The lowest BCUT2D eigenvalue weighted by molar-refractivity contribution is 0.211. The van der Waals surface area contributed by atoms with Crippen molar-refractivity contribution in [1.29, 1.82) is 0 Å². The summed E-state index contributed by atoms with van der Waals surface area (Å²) in [6.45, 7) is 1.98. The van der Waals surface area contributed by atoms with Crippen LogP contribution in [0.15, 0.2) is 23.7 Å². The number of aromatic nitrogens is 4. The van der Waals surface area contributed by atoms with Gasteiger partial charge in [-0.2, -0.15) is 5.10 Å². The molecule has 0 aliphatic heterocycles. The van der Waals surface area contributed by atoms with Gasteiger partial charge in [0.2, 0.25) is 15.0 Å². The Labute approximate surface area is 120 Å². The van der Waals surface area contributed by atoms with Gasteiger partial charge in [0.1, 0.15) is 0 Å². The molecule has 2 rings (SSSR count). The van der Waals surface area contributed by atoms with Gasteiger partial charge in [-0.1, -0.05) is 0 Å². The second-order valence-electron chi connectivity index (χ2n) is 4.33. The molecule has 2 N–H and O–H groups in total. The van der Waals surface area contributed by atoms with Gasteiger partial charge in [-0.3, -0.25) is 4.68 Å². The molecule has 0 atom stereocenters. The van der Waals surface area contributed by atoms with Crippen molar-refractivity contribution in [2.45, 2.75) is 18.6 Å². The number of aryl methyl sites for hydroxylation is 1. The third kappa shape index (κ3) is 3.75. The molecule has 0 aliphatic rings. The van der Waals surface area contributed by atoms with Crippen molar-refractivity contribution in [3.63, 3.8) is 0 Å². The second-order valence-corrected chi connectivity index (χ2v) is 6.24. The normalized spacial score (nSPS) is 11.3. The first kappa shape index (κ1) is 14.9. The molecule has 0 saturated heterocycles. The van der Waals surface area contributed by atoms with Crippen LogP contribution in [0.3, 0.4) is 0 Å². The van der Waals surface area contributed by atoms with Crippen molar-refractivity contribution in [2.24, 2.45) is 5.73 Å². The van der Waals surface area contributed by atoms with Crippen LogP contribution in [0.25, 0.3) is 0 Å². The molecule has 0 bridgehead atoms. The first-order valence-corrected chi connectivity index (χ1v) is 7.67. The molecular weight excluding hydrogens is 298 g/mol. The Hall–Kier alpha value is -2.49. The molecule has 0 fully saturated rings. The molecule has 0 aliphatic carbocycles. The predicted octanol–water partition coefficient (Wildman–Crippen LogP) is -0.109. The third-order valence-electron chi connectivity index (χ3n) is 2.55. The summed E-state index contributed by atoms with van der Waals surface area (Å²) in [7, 11) is -3.44. The highest BCUT2D eigenvalue weighted by Crippen LogP contribution is 2.12. The summed E-state index contributed by atoms with van der Waals surface area (Å²) in [5, 5.41) is 3.77. The van der Waals surface area contributed by atoms with Gasteiger partial charge in [-0.05, 0) is 6.92 Å². The zero-order valence-corrected chi connectivity index (χ0v) is 12.2. The van der Waals surface area contributed by atoms with Crippen molar-refractivity contribution in [2.75, 3.05) is 6.26 Å². The van der Waals surface area contributed by atoms with Gasteiger partial charge in [-0.15, -0.1) is 0 Å². The van der Waals surface area contributed by atoms with Crippen molar-refractivity contribution >= 4 is 15.9 Å². The van der Waals surface area contributed by atoms with Gasteiger partial charge >= 0.3 is 6.09 Å². The average Bonchev–Trinajstić information content (AvgIpc) is 2.77. The summed E-state index contributed by atoms with van der Waals surface area (Å²) in [6.07, 6.45) is 4.37. The summed E-state index contributed by atoms with van der Waals surface area (Å²) < 4.78 is 28.9. The van der Waals surface area contributed by atoms with Crippen LogP contribution in [0.2, 0.25) is 0 Å². The van der Waals surface area contributed by atoms with E-state index in [1.807, 2.05) is 0 Å². The van der Waals surface area contributed by atoms with Crippen LogP contribution in [0.4, 0.5) is 4.79 Å². The number of nitrogens with zero attached hydrogens (tertiary/aromatic N) is 4. The lowest BCUT2D eigenvalue weighted by Gasteiger charge is -2.06. The summed E-state index contributed by atoms with van der Waals surface area (Å²) in [6, 6.07) is 0. The molecule has 0 unspecified atom stereocenters. The summed E-state index contributed by atoms with van der Waals surface area (Å²) >= 11 is 0. The molecule has 2 aromatic rings. The summed E-state index contributed by atoms with van der Waals surface area (Å²) in [5.41, 5.74) is 6.11. The fourth-order valence-electron chi connectivity index (χ4n) is 1.58. The van der Waals surface area contributed by atoms with Crippen molar-refractivity contribution in [3.8, 4) is 5.75 Å². The first-order valence-electron chi connectivity index (χ1n) is 5.78. The van der Waals surface area contributed by atoms with E-state index in [2.05, 4.69) is 19.8 Å². The fourth-order valence-corrected chi connectivity index (χ4v) is 2.13. The molecule has 10 heteroatoms. The Bertz CT molecular complexity index is 784. The van der Waals surface area contributed by atoms with E-state index in [0.29, 0.717) is 17.8 Å². The van der Waals surface area contributed by atoms with E-state index in [1.165, 1.54) is 23.3 Å². The van der Waals surface area contributed by atoms with Gasteiger partial charge in [0, 0.05) is 23.7 Å². The Morgan fingerprint density at radius 1 is 1.43 bits per heavy atom. The standard InChI is InChI=1S/C11H13N5O4S/c1-7-8(3-13-11(15-7)21(2,18)19)5-16-6-9(4-14-16)20-10(12)17/h3-4,6H,5H2,1-2H3,(H2,12,17). The van der Waals surface area contributed by atoms with E-state index in [9.17, 15) is 13.2 Å². The molecule has 2 aromatic heterocycles. The number of carbonyl (C=O) groups is 1. The largest absolute Gasteiger partial charge is 0.410 e. The van der Waals surface area contributed by atoms with Crippen LogP contribution in [-0.2, 0) is 16.4 Å². The van der Waals surface area contributed by atoms with Gasteiger partial charge in [0.15, 0.2) is 5.75 Å². The molecule has 0 aromatic carbocycles. The molecule has 9 nitrogen and oxygen atoms in total. The molecule has 0 saturated carbocycles. The number of sulfone groups is 1. The Kier molecular flexibility index (Phi) is 3.89. The van der Waals surface area contributed by atoms with Crippen molar-refractivity contribution < 1.29 is 17.9 Å². The monoisotopic (exact) mass is 311 g/mol. The molecule has 2 heterocycles. The topological polar surface area (TPSA) is 130 Å². The van der Waals surface area contributed by atoms with E-state index >= 15 is 0 Å². The number of nitrogens with two attached hydrogens (primary N) is 1. The van der Waals surface area contributed by atoms with Crippen LogP contribution in [-0.4, -0.2) is 40.5 Å². The maximum Gasteiger partial charge on any atom is 0.410 e. The molecule has 112 valence electrons. The first-order chi connectivity index (χ1) is 9.75. The number of rotatable bonds is 4. The van der Waals surface area contributed by atoms with E-state index in [4.69, 9.17) is 5.73 Å². The van der Waals surface area contributed by atoms with Crippen molar-refractivity contribution in [3.05, 3.63) is 29.8 Å². The molecule has 0 spiro atoms. The number of amides is 1. The van der Waals surface area contributed by atoms with Gasteiger partial charge in [-0.25, -0.2) is 23.2 Å². The molecule has 21 heavy (non-hydrogen) atoms. The highest BCUT2D eigenvalue weighted by atomic mass is 32.2. The van der Waals surface area contributed by atoms with Gasteiger partial charge < -0.3 is 10.5 Å². The highest BCUT2D eigenvalue weighted by Gasteiger charge is 2.13. The summed E-state index contributed by atoms with van der Waals surface area (Å²) in [5.74, 6) is 0.217. The van der Waals surface area contributed by atoms with E-state index in [1.54, 1.807) is 6.92 Å². The molecular formula is C11H13N5O4S. The minimum atomic E-state index is -3.44. The van der Waals surface area contributed by atoms with E-state index in [0.717, 1.165) is 6.26 Å². The average molecular weight is 311 g/mol.